The highest BCUT2D eigenvalue weighted by Crippen LogP contribution is 2.44. The van der Waals surface area contributed by atoms with Crippen molar-refractivity contribution < 1.29 is 29.2 Å². The lowest BCUT2D eigenvalue weighted by atomic mass is 9.85. The Morgan fingerprint density at radius 3 is 1.22 bits per heavy atom. The maximum atomic E-state index is 10.1. The number of fused-ring (bicyclic) bond motifs is 3. The number of hydrogen-bond acceptors (Lipinski definition) is 6. The second-order valence-corrected chi connectivity index (χ2v) is 6.11. The van der Waals surface area contributed by atoms with Crippen molar-refractivity contribution >= 4 is 0 Å². The Morgan fingerprint density at radius 1 is 0.611 bits per heavy atom. The largest absolute Gasteiger partial charge is 0.387 e. The smallest absolute Gasteiger partial charge is 0.164 e. The van der Waals surface area contributed by atoms with Gasteiger partial charge in [-0.05, 0) is 27.7 Å². The van der Waals surface area contributed by atoms with Gasteiger partial charge in [0.15, 0.2) is 11.6 Å². The fourth-order valence-electron chi connectivity index (χ4n) is 3.06. The molecule has 3 rings (SSSR count). The van der Waals surface area contributed by atoms with E-state index in [4.69, 9.17) is 18.9 Å². The molecule has 104 valence electrons. The Kier molecular flexibility index (Phi) is 2.59. The fourth-order valence-corrected chi connectivity index (χ4v) is 3.06. The molecular weight excluding hydrogens is 240 g/mol. The highest BCUT2D eigenvalue weighted by Gasteiger charge is 2.62. The molecule has 2 N–H and O–H groups in total. The Bertz CT molecular complexity index is 320. The molecule has 1 aliphatic carbocycles. The van der Waals surface area contributed by atoms with Crippen LogP contribution in [-0.2, 0) is 18.9 Å². The zero-order valence-electron chi connectivity index (χ0n) is 11.0. The zero-order chi connectivity index (χ0) is 13.3. The van der Waals surface area contributed by atoms with Crippen LogP contribution in [0.5, 0.6) is 0 Å². The van der Waals surface area contributed by atoms with Gasteiger partial charge in [0.2, 0.25) is 0 Å². The molecule has 6 heteroatoms. The van der Waals surface area contributed by atoms with E-state index in [0.717, 1.165) is 0 Å². The van der Waals surface area contributed by atoms with Gasteiger partial charge in [0.05, 0.1) is 0 Å². The third kappa shape index (κ3) is 1.79. The van der Waals surface area contributed by atoms with Crippen LogP contribution in [0.2, 0.25) is 0 Å². The summed E-state index contributed by atoms with van der Waals surface area (Å²) < 4.78 is 22.8. The summed E-state index contributed by atoms with van der Waals surface area (Å²) in [6.07, 6.45) is -4.09. The topological polar surface area (TPSA) is 77.4 Å². The lowest BCUT2D eigenvalue weighted by Crippen LogP contribution is -2.61. The highest BCUT2D eigenvalue weighted by atomic mass is 16.8. The van der Waals surface area contributed by atoms with Crippen LogP contribution in [0.1, 0.15) is 27.7 Å². The number of rotatable bonds is 0. The SMILES string of the molecule is CC1(C)O[C@@H]2[C@@H]3OC(C)(C)O[C@H]3[C@H](O)[C@@H](O)[C@@H]2O1. The molecule has 0 amide bonds. The number of aliphatic hydroxyl groups excluding tert-OH is 2. The van der Waals surface area contributed by atoms with Gasteiger partial charge in [-0.25, -0.2) is 0 Å². The summed E-state index contributed by atoms with van der Waals surface area (Å²) in [6, 6.07) is 0. The molecule has 6 nitrogen and oxygen atoms in total. The first kappa shape index (κ1) is 12.8. The summed E-state index contributed by atoms with van der Waals surface area (Å²) in [4.78, 5) is 0. The van der Waals surface area contributed by atoms with Crippen molar-refractivity contribution in [3.63, 3.8) is 0 Å². The molecule has 2 saturated heterocycles. The van der Waals surface area contributed by atoms with E-state index in [9.17, 15) is 10.2 Å². The van der Waals surface area contributed by atoms with Gasteiger partial charge in [0, 0.05) is 0 Å². The minimum atomic E-state index is -1.03. The number of aliphatic hydroxyl groups is 2. The van der Waals surface area contributed by atoms with E-state index >= 15 is 0 Å². The number of hydrogen-bond donors (Lipinski definition) is 2. The van der Waals surface area contributed by atoms with Gasteiger partial charge >= 0.3 is 0 Å². The lowest BCUT2D eigenvalue weighted by Gasteiger charge is -2.38. The average Bonchev–Trinajstić information content (AvgIpc) is 2.71. The first-order valence-electron chi connectivity index (χ1n) is 6.28. The van der Waals surface area contributed by atoms with Crippen LogP contribution in [-0.4, -0.2) is 58.4 Å². The summed E-state index contributed by atoms with van der Waals surface area (Å²) in [5, 5.41) is 20.2. The lowest BCUT2D eigenvalue weighted by molar-refractivity contribution is -0.185. The Morgan fingerprint density at radius 2 is 0.889 bits per heavy atom. The third-order valence-corrected chi connectivity index (χ3v) is 3.67. The quantitative estimate of drug-likeness (QED) is 0.626. The molecule has 0 aromatic carbocycles. The molecule has 0 radical (unpaired) electrons. The van der Waals surface area contributed by atoms with E-state index < -0.39 is 48.2 Å². The molecule has 0 aromatic heterocycles. The van der Waals surface area contributed by atoms with Gasteiger partial charge in [-0.2, -0.15) is 0 Å². The van der Waals surface area contributed by atoms with Gasteiger partial charge in [-0.3, -0.25) is 0 Å². The average molecular weight is 260 g/mol. The van der Waals surface area contributed by atoms with Gasteiger partial charge in [-0.1, -0.05) is 0 Å². The van der Waals surface area contributed by atoms with Gasteiger partial charge in [0.1, 0.15) is 36.6 Å². The van der Waals surface area contributed by atoms with Crippen molar-refractivity contribution in [3.8, 4) is 0 Å². The zero-order valence-corrected chi connectivity index (χ0v) is 11.0. The monoisotopic (exact) mass is 260 g/mol. The van der Waals surface area contributed by atoms with Crippen molar-refractivity contribution in [3.05, 3.63) is 0 Å². The molecular formula is C12H20O6. The predicted molar refractivity (Wildman–Crippen MR) is 59.7 cm³/mol. The maximum absolute atomic E-state index is 10.1. The van der Waals surface area contributed by atoms with Crippen molar-refractivity contribution in [1.29, 1.82) is 0 Å². The second kappa shape index (κ2) is 3.65. The van der Waals surface area contributed by atoms with Crippen molar-refractivity contribution in [1.82, 2.24) is 0 Å². The van der Waals surface area contributed by atoms with E-state index in [-0.39, 0.29) is 0 Å². The van der Waals surface area contributed by atoms with E-state index in [2.05, 4.69) is 0 Å². The molecule has 6 atom stereocenters. The second-order valence-electron chi connectivity index (χ2n) is 6.11. The first-order valence-corrected chi connectivity index (χ1v) is 6.28. The molecule has 3 aliphatic rings. The van der Waals surface area contributed by atoms with Crippen molar-refractivity contribution in [2.45, 2.75) is 75.9 Å². The van der Waals surface area contributed by atoms with Crippen LogP contribution in [0, 0.1) is 0 Å². The van der Waals surface area contributed by atoms with Crippen LogP contribution >= 0.6 is 0 Å². The predicted octanol–water partition coefficient (Wildman–Crippen LogP) is -0.238. The molecule has 0 spiro atoms. The van der Waals surface area contributed by atoms with Crippen LogP contribution in [0.3, 0.4) is 0 Å². The molecule has 0 bridgehead atoms. The van der Waals surface area contributed by atoms with Crippen molar-refractivity contribution in [2.24, 2.45) is 0 Å². The Hall–Kier alpha value is -0.240. The molecule has 18 heavy (non-hydrogen) atoms. The maximum Gasteiger partial charge on any atom is 0.164 e. The van der Waals surface area contributed by atoms with Crippen LogP contribution in [0.25, 0.3) is 0 Å². The molecule has 0 unspecified atom stereocenters. The molecule has 2 heterocycles. The van der Waals surface area contributed by atoms with Gasteiger partial charge in [0.25, 0.3) is 0 Å². The summed E-state index contributed by atoms with van der Waals surface area (Å²) in [5.74, 6) is -1.58. The van der Waals surface area contributed by atoms with Crippen LogP contribution in [0.15, 0.2) is 0 Å². The summed E-state index contributed by atoms with van der Waals surface area (Å²) in [6.45, 7) is 7.11. The first-order chi connectivity index (χ1) is 8.20. The molecule has 3 fully saturated rings. The van der Waals surface area contributed by atoms with E-state index in [0.29, 0.717) is 0 Å². The molecule has 0 aromatic rings. The van der Waals surface area contributed by atoms with Gasteiger partial charge in [-0.15, -0.1) is 0 Å². The summed E-state index contributed by atoms with van der Waals surface area (Å²) in [7, 11) is 0. The highest BCUT2D eigenvalue weighted by molar-refractivity contribution is 5.07. The van der Waals surface area contributed by atoms with E-state index in [1.54, 1.807) is 27.7 Å². The normalized spacial score (nSPS) is 53.0. The third-order valence-electron chi connectivity index (χ3n) is 3.67. The Balaban J connectivity index is 1.91. The molecule has 1 saturated carbocycles. The minimum absolute atomic E-state index is 0.426. The Labute approximate surface area is 106 Å². The van der Waals surface area contributed by atoms with Gasteiger partial charge < -0.3 is 29.2 Å². The van der Waals surface area contributed by atoms with E-state index in [1.165, 1.54) is 0 Å². The fraction of sp³-hybridized carbons (Fsp3) is 1.00. The van der Waals surface area contributed by atoms with Crippen LogP contribution < -0.4 is 0 Å². The molecule has 2 aliphatic heterocycles. The van der Waals surface area contributed by atoms with Crippen LogP contribution in [0.4, 0.5) is 0 Å². The summed E-state index contributed by atoms with van der Waals surface area (Å²) in [5.41, 5.74) is 0. The minimum Gasteiger partial charge on any atom is -0.387 e. The van der Waals surface area contributed by atoms with Crippen molar-refractivity contribution in [2.75, 3.05) is 0 Å². The summed E-state index contributed by atoms with van der Waals surface area (Å²) >= 11 is 0. The number of ether oxygens (including phenoxy) is 4. The van der Waals surface area contributed by atoms with E-state index in [1.807, 2.05) is 0 Å². The standard InChI is InChI=1S/C12H20O6/c1-11(2)15-7-5(13)6(14)8-10(9(7)17-11)18-12(3,4)16-8/h5-10,13-14H,1-4H3/t5-,6-,7+,8+,9-,10+/m1/s1.